The molecule has 5 aromatic carbocycles. The molecule has 0 unspecified atom stereocenters. The van der Waals surface area contributed by atoms with E-state index in [9.17, 15) is 10.5 Å². The molecule has 8 rings (SSSR count). The Morgan fingerprint density at radius 3 is 2.11 bits per heavy atom. The van der Waals surface area contributed by atoms with Crippen molar-refractivity contribution in [2.24, 2.45) is 0 Å². The maximum atomic E-state index is 10.2. The molecule has 44 heavy (non-hydrogen) atoms. The van der Waals surface area contributed by atoms with E-state index < -0.39 is 0 Å². The van der Waals surface area contributed by atoms with E-state index in [1.54, 1.807) is 22.7 Å². The Balaban J connectivity index is 1.24. The largest absolute Gasteiger partial charge is 0.307 e. The van der Waals surface area contributed by atoms with E-state index in [0.717, 1.165) is 44.0 Å². The molecule has 0 N–H and O–H groups in total. The third-order valence-electron chi connectivity index (χ3n) is 8.44. The third kappa shape index (κ3) is 3.92. The summed E-state index contributed by atoms with van der Waals surface area (Å²) in [5, 5.41) is 25.5. The van der Waals surface area contributed by atoms with Crippen molar-refractivity contribution in [3.05, 3.63) is 137 Å². The van der Waals surface area contributed by atoms with Crippen molar-refractivity contribution in [1.29, 1.82) is 10.5 Å². The standard InChI is InChI=1S/C39H23N3S2/c1-23(14-16-35-24(2)30-19-38-32(20-37(30)43-35)31-18-25(21-40)15-17-36(31)44-38)27-11-7-8-26(22-41)39(27)42-33-12-5-3-9-28(33)29-10-4-6-13-34(29)42/h3-20H,1H2,2H3/b16-14-. The highest BCUT2D eigenvalue weighted by Crippen LogP contribution is 2.42. The molecule has 0 atom stereocenters. The van der Waals surface area contributed by atoms with Crippen LogP contribution in [0.2, 0.25) is 0 Å². The quantitative estimate of drug-likeness (QED) is 0.190. The van der Waals surface area contributed by atoms with Gasteiger partial charge in [0.15, 0.2) is 0 Å². The van der Waals surface area contributed by atoms with Crippen molar-refractivity contribution in [3.8, 4) is 17.8 Å². The number of fused-ring (bicyclic) bond motifs is 7. The van der Waals surface area contributed by atoms with Crippen molar-refractivity contribution in [2.45, 2.75) is 6.92 Å². The Hall–Kier alpha value is -5.46. The maximum absolute atomic E-state index is 10.2. The Morgan fingerprint density at radius 1 is 0.705 bits per heavy atom. The minimum Gasteiger partial charge on any atom is -0.307 e. The number of thiophene rings is 2. The summed E-state index contributed by atoms with van der Waals surface area (Å²) in [5.74, 6) is 0. The highest BCUT2D eigenvalue weighted by molar-refractivity contribution is 7.26. The second-order valence-corrected chi connectivity index (χ2v) is 13.1. The summed E-state index contributed by atoms with van der Waals surface area (Å²) in [5.41, 5.74) is 7.25. The molecule has 3 nitrogen and oxygen atoms in total. The van der Waals surface area contributed by atoms with Crippen LogP contribution >= 0.6 is 22.7 Å². The van der Waals surface area contributed by atoms with Gasteiger partial charge < -0.3 is 4.57 Å². The first-order chi connectivity index (χ1) is 21.6. The van der Waals surface area contributed by atoms with Gasteiger partial charge in [-0.3, -0.25) is 0 Å². The fraction of sp³-hybridized carbons (Fsp3) is 0.0256. The van der Waals surface area contributed by atoms with Crippen LogP contribution in [0.25, 0.3) is 69.4 Å². The first kappa shape index (κ1) is 26.2. The zero-order valence-electron chi connectivity index (χ0n) is 23.8. The molecule has 0 fully saturated rings. The number of hydrogen-bond donors (Lipinski definition) is 0. The van der Waals surface area contributed by atoms with Gasteiger partial charge in [0.1, 0.15) is 6.07 Å². The minimum absolute atomic E-state index is 0.605. The summed E-state index contributed by atoms with van der Waals surface area (Å²) in [6.07, 6.45) is 4.22. The summed E-state index contributed by atoms with van der Waals surface area (Å²) in [6.45, 7) is 6.66. The van der Waals surface area contributed by atoms with E-state index in [1.807, 2.05) is 42.5 Å². The SMILES string of the molecule is C=C(/C=C\c1sc2cc3c(cc2c1C)sc1ccc(C#N)cc13)c1cccc(C#N)c1-n1c2ccccc2c2ccccc21. The fourth-order valence-electron chi connectivity index (χ4n) is 6.30. The Bertz CT molecular complexity index is 2560. The fourth-order valence-corrected chi connectivity index (χ4v) is 8.54. The molecule has 0 aliphatic carbocycles. The summed E-state index contributed by atoms with van der Waals surface area (Å²) in [4.78, 5) is 1.18. The highest BCUT2D eigenvalue weighted by Gasteiger charge is 2.18. The minimum atomic E-state index is 0.605. The van der Waals surface area contributed by atoms with Gasteiger partial charge in [-0.25, -0.2) is 0 Å². The normalized spacial score (nSPS) is 11.7. The predicted molar refractivity (Wildman–Crippen MR) is 188 cm³/mol. The van der Waals surface area contributed by atoms with Crippen LogP contribution in [0.3, 0.4) is 0 Å². The van der Waals surface area contributed by atoms with Gasteiger partial charge in [0.2, 0.25) is 0 Å². The number of aryl methyl sites for hydroxylation is 1. The van der Waals surface area contributed by atoms with Gasteiger partial charge in [0, 0.05) is 46.1 Å². The first-order valence-corrected chi connectivity index (χ1v) is 15.9. The number of nitrogens with zero attached hydrogens (tertiary/aromatic N) is 3. The van der Waals surface area contributed by atoms with Crippen LogP contribution < -0.4 is 0 Å². The average Bonchev–Trinajstić information content (AvgIpc) is 3.70. The second kappa shape index (κ2) is 10.1. The third-order valence-corrected chi connectivity index (χ3v) is 10.8. The molecular formula is C39H23N3S2. The molecule has 8 aromatic rings. The van der Waals surface area contributed by atoms with Crippen LogP contribution in [0.5, 0.6) is 0 Å². The van der Waals surface area contributed by atoms with Crippen LogP contribution in [0.15, 0.2) is 110 Å². The number of hydrogen-bond acceptors (Lipinski definition) is 4. The smallest absolute Gasteiger partial charge is 0.101 e. The Labute approximate surface area is 262 Å². The molecule has 3 heterocycles. The number of para-hydroxylation sites is 3. The molecule has 206 valence electrons. The molecule has 0 radical (unpaired) electrons. The van der Waals surface area contributed by atoms with Crippen molar-refractivity contribution < 1.29 is 0 Å². The molecule has 0 spiro atoms. The van der Waals surface area contributed by atoms with Crippen LogP contribution in [0.4, 0.5) is 0 Å². The van der Waals surface area contributed by atoms with Crippen molar-refractivity contribution in [1.82, 2.24) is 4.57 Å². The van der Waals surface area contributed by atoms with Gasteiger partial charge in [-0.05, 0) is 78.1 Å². The second-order valence-electron chi connectivity index (χ2n) is 10.9. The zero-order chi connectivity index (χ0) is 29.9. The van der Waals surface area contributed by atoms with Crippen LogP contribution in [-0.2, 0) is 0 Å². The number of rotatable bonds is 4. The number of aromatic nitrogens is 1. The van der Waals surface area contributed by atoms with Gasteiger partial charge in [0.25, 0.3) is 0 Å². The summed E-state index contributed by atoms with van der Waals surface area (Å²) in [6, 6.07) is 37.8. The molecule has 0 aliphatic rings. The van der Waals surface area contributed by atoms with E-state index in [-0.39, 0.29) is 0 Å². The van der Waals surface area contributed by atoms with Gasteiger partial charge >= 0.3 is 0 Å². The topological polar surface area (TPSA) is 52.5 Å². The molecule has 0 saturated carbocycles. The Morgan fingerprint density at radius 2 is 1.39 bits per heavy atom. The molecule has 0 bridgehead atoms. The highest BCUT2D eigenvalue weighted by atomic mass is 32.1. The number of nitriles is 2. The number of allylic oxidation sites excluding steroid dienone is 2. The van der Waals surface area contributed by atoms with Crippen LogP contribution in [0.1, 0.15) is 27.1 Å². The lowest BCUT2D eigenvalue weighted by atomic mass is 10.00. The van der Waals surface area contributed by atoms with E-state index in [4.69, 9.17) is 0 Å². The molecule has 0 saturated heterocycles. The average molecular weight is 598 g/mol. The molecule has 0 aliphatic heterocycles. The lowest BCUT2D eigenvalue weighted by Crippen LogP contribution is -2.02. The molecule has 0 amide bonds. The summed E-state index contributed by atoms with van der Waals surface area (Å²) < 4.78 is 5.86. The molecular weight excluding hydrogens is 575 g/mol. The van der Waals surface area contributed by atoms with E-state index >= 15 is 0 Å². The molecule has 3 aromatic heterocycles. The van der Waals surface area contributed by atoms with E-state index in [1.165, 1.54) is 35.3 Å². The summed E-state index contributed by atoms with van der Waals surface area (Å²) >= 11 is 3.53. The van der Waals surface area contributed by atoms with Crippen LogP contribution in [-0.4, -0.2) is 4.57 Å². The predicted octanol–water partition coefficient (Wildman–Crippen LogP) is 11.1. The monoisotopic (exact) mass is 597 g/mol. The van der Waals surface area contributed by atoms with E-state index in [2.05, 4.69) is 97.0 Å². The number of benzene rings is 5. The van der Waals surface area contributed by atoms with Crippen molar-refractivity contribution >= 4 is 86.4 Å². The van der Waals surface area contributed by atoms with Crippen LogP contribution in [0, 0.1) is 29.6 Å². The van der Waals surface area contributed by atoms with Gasteiger partial charge in [0.05, 0.1) is 33.9 Å². The molecule has 5 heteroatoms. The summed E-state index contributed by atoms with van der Waals surface area (Å²) in [7, 11) is 0. The Kier molecular flexibility index (Phi) is 6.00. The first-order valence-electron chi connectivity index (χ1n) is 14.2. The van der Waals surface area contributed by atoms with Gasteiger partial charge in [-0.15, -0.1) is 22.7 Å². The lowest BCUT2D eigenvalue weighted by Gasteiger charge is -2.15. The van der Waals surface area contributed by atoms with Gasteiger partial charge in [-0.2, -0.15) is 10.5 Å². The maximum Gasteiger partial charge on any atom is 0.101 e. The zero-order valence-corrected chi connectivity index (χ0v) is 25.4. The van der Waals surface area contributed by atoms with E-state index in [0.29, 0.717) is 11.1 Å². The van der Waals surface area contributed by atoms with Crippen molar-refractivity contribution in [2.75, 3.05) is 0 Å². The van der Waals surface area contributed by atoms with Gasteiger partial charge in [-0.1, -0.05) is 61.2 Å². The lowest BCUT2D eigenvalue weighted by molar-refractivity contribution is 1.16. The van der Waals surface area contributed by atoms with Crippen molar-refractivity contribution in [3.63, 3.8) is 0 Å².